The summed E-state index contributed by atoms with van der Waals surface area (Å²) in [4.78, 5) is 0. The van der Waals surface area contributed by atoms with Gasteiger partial charge in [0.05, 0.1) is 10.0 Å². The molecule has 2 atom stereocenters. The molecule has 0 amide bonds. The van der Waals surface area contributed by atoms with Crippen molar-refractivity contribution >= 4 is 10.0 Å². The van der Waals surface area contributed by atoms with Crippen molar-refractivity contribution in [1.82, 2.24) is 0 Å². The molecule has 0 aliphatic heterocycles. The first kappa shape index (κ1) is 20.9. The van der Waals surface area contributed by atoms with E-state index in [2.05, 4.69) is 4.72 Å². The van der Waals surface area contributed by atoms with Gasteiger partial charge in [-0.2, -0.15) is 0 Å². The van der Waals surface area contributed by atoms with Crippen molar-refractivity contribution < 1.29 is 27.9 Å². The van der Waals surface area contributed by atoms with Crippen molar-refractivity contribution in [3.63, 3.8) is 0 Å². The van der Waals surface area contributed by atoms with Crippen LogP contribution in [0.15, 0.2) is 60.7 Å². The van der Waals surface area contributed by atoms with Crippen LogP contribution in [0.3, 0.4) is 0 Å². The molecule has 0 saturated heterocycles. The number of nitrogens with zero attached hydrogens (tertiary/aromatic N) is 1. The summed E-state index contributed by atoms with van der Waals surface area (Å²) < 4.78 is 26.8. The summed E-state index contributed by atoms with van der Waals surface area (Å²) in [5.41, 5.74) is 9.80. The minimum Gasteiger partial charge on any atom is -0.672 e. The summed E-state index contributed by atoms with van der Waals surface area (Å²) in [7, 11) is -3.52. The number of hydrogen-bond acceptors (Lipinski definition) is 2. The largest absolute Gasteiger partial charge is 3.00 e. The third kappa shape index (κ3) is 5.97. The predicted octanol–water partition coefficient (Wildman–Crippen LogP) is 4.30. The van der Waals surface area contributed by atoms with Gasteiger partial charge >= 0.3 is 19.5 Å². The van der Waals surface area contributed by atoms with E-state index < -0.39 is 22.1 Å². The van der Waals surface area contributed by atoms with E-state index in [4.69, 9.17) is 5.73 Å². The Kier molecular flexibility index (Phi) is 8.71. The first-order valence-electron chi connectivity index (χ1n) is 6.20. The molecule has 0 spiro atoms. The van der Waals surface area contributed by atoms with Crippen LogP contribution in [0, 0.1) is 7.43 Å². The second-order valence-electron chi connectivity index (χ2n) is 4.58. The van der Waals surface area contributed by atoms with E-state index in [1.165, 1.54) is 0 Å². The van der Waals surface area contributed by atoms with Gasteiger partial charge in [-0.3, -0.25) is 0 Å². The van der Waals surface area contributed by atoms with Gasteiger partial charge in [0.2, 0.25) is 0 Å². The Hall–Kier alpha value is -1.07. The average Bonchev–Trinajstić information content (AvgIpc) is 2.45. The van der Waals surface area contributed by atoms with E-state index in [1.807, 2.05) is 48.5 Å². The van der Waals surface area contributed by atoms with Gasteiger partial charge in [-0.05, 0) is 0 Å². The maximum Gasteiger partial charge on any atom is 3.00 e. The van der Waals surface area contributed by atoms with Crippen molar-refractivity contribution in [1.29, 1.82) is 0 Å². The van der Waals surface area contributed by atoms with Crippen LogP contribution in [0.5, 0.6) is 0 Å². The summed E-state index contributed by atoms with van der Waals surface area (Å²) in [5.74, 6) is 0. The van der Waals surface area contributed by atoms with Gasteiger partial charge in [-0.25, -0.2) is 8.42 Å². The zero-order valence-electron chi connectivity index (χ0n) is 12.5. The monoisotopic (exact) mass is 405 g/mol. The van der Waals surface area contributed by atoms with Crippen LogP contribution in [0.4, 0.5) is 0 Å². The predicted molar refractivity (Wildman–Crippen MR) is 87.3 cm³/mol. The molecule has 119 valence electrons. The van der Waals surface area contributed by atoms with E-state index in [0.29, 0.717) is 0 Å². The second-order valence-corrected chi connectivity index (χ2v) is 6.26. The Bertz CT molecular complexity index is 648. The molecule has 0 aromatic heterocycles. The van der Waals surface area contributed by atoms with Crippen molar-refractivity contribution in [2.24, 2.45) is 0 Å². The smallest absolute Gasteiger partial charge is 0.672 e. The minimum atomic E-state index is -3.52. The number of hydrogen-bond donors (Lipinski definition) is 0. The van der Waals surface area contributed by atoms with Gasteiger partial charge in [0, 0.05) is 6.26 Å². The standard InChI is InChI=1S/C15H16N2O2S.CH3.Ru/c1-20(18,19)17-15(13-10-6-3-7-11-13)14(16)12-8-4-2-5-9-12;;/h2-11,14-16H,1H3;1H3;/q-2;-1;+3/t14-,15-;;/m1../s1. The Balaban J connectivity index is 0.00000220. The summed E-state index contributed by atoms with van der Waals surface area (Å²) >= 11 is 0. The van der Waals surface area contributed by atoms with Gasteiger partial charge in [-0.15, -0.1) is 12.1 Å². The zero-order valence-corrected chi connectivity index (χ0v) is 15.0. The molecule has 2 aromatic rings. The fraction of sp³-hybridized carbons (Fsp3) is 0.188. The first-order valence-corrected chi connectivity index (χ1v) is 8.05. The van der Waals surface area contributed by atoms with Crippen LogP contribution in [0.2, 0.25) is 0 Å². The summed E-state index contributed by atoms with van der Waals surface area (Å²) in [5, 5.41) is 0. The molecule has 22 heavy (non-hydrogen) atoms. The SMILES string of the molecule is CS(=O)(=O)[N-][C@H](c1ccccc1)[C@H]([NH-])c1ccccc1.[CH3-].[Ru+3]. The van der Waals surface area contributed by atoms with Gasteiger partial charge in [-0.1, -0.05) is 71.8 Å². The quantitative estimate of drug-likeness (QED) is 0.550. The first-order chi connectivity index (χ1) is 9.47. The molecular weight excluding hydrogens is 385 g/mol. The van der Waals surface area contributed by atoms with Crippen molar-refractivity contribution in [3.8, 4) is 0 Å². The van der Waals surface area contributed by atoms with Gasteiger partial charge in [0.25, 0.3) is 0 Å². The molecule has 6 heteroatoms. The molecule has 4 nitrogen and oxygen atoms in total. The fourth-order valence-electron chi connectivity index (χ4n) is 2.01. The van der Waals surface area contributed by atoms with E-state index in [1.54, 1.807) is 12.1 Å². The summed E-state index contributed by atoms with van der Waals surface area (Å²) in [6.45, 7) is 0. The zero-order chi connectivity index (χ0) is 14.6. The molecule has 2 rings (SSSR count). The van der Waals surface area contributed by atoms with E-state index in [9.17, 15) is 8.42 Å². The topological polar surface area (TPSA) is 72.0 Å². The third-order valence-corrected chi connectivity index (χ3v) is 3.53. The molecule has 2 aromatic carbocycles. The minimum absolute atomic E-state index is 0. The summed E-state index contributed by atoms with van der Waals surface area (Å²) in [6, 6.07) is 16.7. The van der Waals surface area contributed by atoms with Crippen LogP contribution >= 0.6 is 0 Å². The molecule has 0 saturated carbocycles. The normalized spacial score (nSPS) is 13.4. The van der Waals surface area contributed by atoms with Crippen LogP contribution in [0.1, 0.15) is 23.2 Å². The molecule has 0 unspecified atom stereocenters. The average molecular weight is 404 g/mol. The van der Waals surface area contributed by atoms with Crippen LogP contribution in [-0.2, 0) is 29.5 Å². The van der Waals surface area contributed by atoms with E-state index in [0.717, 1.165) is 17.4 Å². The van der Waals surface area contributed by atoms with Crippen LogP contribution in [-0.4, -0.2) is 14.7 Å². The maximum atomic E-state index is 11.5. The number of sulfonamides is 1. The number of nitrogens with one attached hydrogen (secondary N) is 1. The van der Waals surface area contributed by atoms with Crippen molar-refractivity contribution in [3.05, 3.63) is 89.7 Å². The molecule has 0 heterocycles. The maximum absolute atomic E-state index is 11.5. The van der Waals surface area contributed by atoms with Crippen molar-refractivity contribution in [2.45, 2.75) is 12.1 Å². The summed E-state index contributed by atoms with van der Waals surface area (Å²) in [6.07, 6.45) is 1.06. The van der Waals surface area contributed by atoms with Crippen molar-refractivity contribution in [2.75, 3.05) is 6.26 Å². The molecule has 0 aliphatic carbocycles. The molecule has 1 radical (unpaired) electrons. The molecule has 0 fully saturated rings. The Morgan fingerprint density at radius 3 is 1.73 bits per heavy atom. The number of rotatable bonds is 5. The third-order valence-electron chi connectivity index (χ3n) is 2.92. The fourth-order valence-corrected chi connectivity index (χ4v) is 2.67. The molecular formula is C16H19N2O2RuS. The second kappa shape index (κ2) is 9.16. The molecule has 0 aliphatic rings. The van der Waals surface area contributed by atoms with Gasteiger partial charge in [0.15, 0.2) is 0 Å². The van der Waals surface area contributed by atoms with Crippen LogP contribution < -0.4 is 0 Å². The Morgan fingerprint density at radius 2 is 1.32 bits per heavy atom. The molecule has 0 bridgehead atoms. The Morgan fingerprint density at radius 1 is 0.909 bits per heavy atom. The van der Waals surface area contributed by atoms with E-state index in [-0.39, 0.29) is 26.9 Å². The van der Waals surface area contributed by atoms with Gasteiger partial charge in [0.1, 0.15) is 0 Å². The van der Waals surface area contributed by atoms with Gasteiger partial charge < -0.3 is 17.9 Å². The molecule has 1 N–H and O–H groups in total. The Labute approximate surface area is 145 Å². The van der Waals surface area contributed by atoms with E-state index >= 15 is 0 Å². The number of benzene rings is 2. The van der Waals surface area contributed by atoms with Crippen LogP contribution in [0.25, 0.3) is 10.5 Å².